The highest BCUT2D eigenvalue weighted by atomic mass is 35.5. The van der Waals surface area contributed by atoms with Crippen LogP contribution >= 0.6 is 11.6 Å². The number of piperazine rings is 1. The van der Waals surface area contributed by atoms with Crippen LogP contribution in [0.15, 0.2) is 36.4 Å². The number of hydrogen-bond acceptors (Lipinski definition) is 6. The lowest BCUT2D eigenvalue weighted by Crippen LogP contribution is -2.52. The van der Waals surface area contributed by atoms with E-state index in [1.807, 2.05) is 25.1 Å². The first-order valence-corrected chi connectivity index (χ1v) is 12.2. The third-order valence-electron chi connectivity index (χ3n) is 5.50. The van der Waals surface area contributed by atoms with Gasteiger partial charge in [0, 0.05) is 49.0 Å². The second-order valence-corrected chi connectivity index (χ2v) is 10.1. The van der Waals surface area contributed by atoms with Gasteiger partial charge in [0.1, 0.15) is 6.54 Å². The summed E-state index contributed by atoms with van der Waals surface area (Å²) in [5.74, 6) is -0.358. The molecule has 0 radical (unpaired) electrons. The molecule has 0 spiro atoms. The SMILES string of the molecule is Cc1ccc(Cl)cc1N1CCN(C(=O)CN(c2cc([N+](=O)[O-])ccc2C)S(C)(=O)=O)CC1. The largest absolute Gasteiger partial charge is 0.368 e. The lowest BCUT2D eigenvalue weighted by Gasteiger charge is -2.37. The number of nitro benzene ring substituents is 1. The molecule has 1 saturated heterocycles. The molecule has 0 N–H and O–H groups in total. The normalized spacial score (nSPS) is 14.4. The van der Waals surface area contributed by atoms with Crippen molar-refractivity contribution >= 4 is 44.6 Å². The topological polar surface area (TPSA) is 104 Å². The zero-order valence-corrected chi connectivity index (χ0v) is 19.7. The van der Waals surface area contributed by atoms with Crippen molar-refractivity contribution in [2.45, 2.75) is 13.8 Å². The number of carbonyl (C=O) groups is 1. The number of non-ortho nitro benzene ring substituents is 1. The summed E-state index contributed by atoms with van der Waals surface area (Å²) < 4.78 is 25.8. The number of sulfonamides is 1. The zero-order chi connectivity index (χ0) is 23.6. The predicted octanol–water partition coefficient (Wildman–Crippen LogP) is 2.98. The average molecular weight is 481 g/mol. The van der Waals surface area contributed by atoms with Crippen LogP contribution < -0.4 is 9.21 Å². The van der Waals surface area contributed by atoms with E-state index >= 15 is 0 Å². The molecule has 3 rings (SSSR count). The van der Waals surface area contributed by atoms with Crippen LogP contribution in [0.4, 0.5) is 17.1 Å². The molecular weight excluding hydrogens is 456 g/mol. The van der Waals surface area contributed by atoms with Crippen molar-refractivity contribution in [3.05, 3.63) is 62.7 Å². The number of nitro groups is 1. The minimum atomic E-state index is -3.84. The number of aryl methyl sites for hydroxylation is 2. The molecule has 0 saturated carbocycles. The summed E-state index contributed by atoms with van der Waals surface area (Å²) in [6.07, 6.45) is 0.985. The average Bonchev–Trinajstić information content (AvgIpc) is 2.73. The highest BCUT2D eigenvalue weighted by molar-refractivity contribution is 7.92. The highest BCUT2D eigenvalue weighted by Crippen LogP contribution is 2.28. The third-order valence-corrected chi connectivity index (χ3v) is 6.86. The Morgan fingerprint density at radius 1 is 1.09 bits per heavy atom. The number of halogens is 1. The maximum absolute atomic E-state index is 13.0. The molecule has 172 valence electrons. The molecule has 0 aromatic heterocycles. The molecule has 2 aromatic rings. The predicted molar refractivity (Wildman–Crippen MR) is 125 cm³/mol. The van der Waals surface area contributed by atoms with Gasteiger partial charge in [-0.05, 0) is 37.1 Å². The van der Waals surface area contributed by atoms with Crippen molar-refractivity contribution in [2.75, 3.05) is 48.2 Å². The van der Waals surface area contributed by atoms with Gasteiger partial charge in [0.15, 0.2) is 0 Å². The standard InChI is InChI=1S/C21H25ClN4O5S/c1-15-4-6-17(22)12-19(15)23-8-10-24(11-9-23)21(27)14-25(32(3,30)31)20-13-18(26(28)29)7-5-16(20)2/h4-7,12-13H,8-11,14H2,1-3H3. The molecule has 0 bridgehead atoms. The fraction of sp³-hybridized carbons (Fsp3) is 0.381. The van der Waals surface area contributed by atoms with E-state index in [1.165, 1.54) is 18.2 Å². The molecule has 0 aliphatic carbocycles. The van der Waals surface area contributed by atoms with E-state index < -0.39 is 21.5 Å². The van der Waals surface area contributed by atoms with Crippen molar-refractivity contribution in [3.63, 3.8) is 0 Å². The van der Waals surface area contributed by atoms with Gasteiger partial charge in [0.2, 0.25) is 15.9 Å². The summed E-state index contributed by atoms with van der Waals surface area (Å²) in [5.41, 5.74) is 2.50. The Kier molecular flexibility index (Phi) is 6.94. The van der Waals surface area contributed by atoms with E-state index in [0.717, 1.165) is 21.8 Å². The van der Waals surface area contributed by atoms with Crippen LogP contribution in [0, 0.1) is 24.0 Å². The van der Waals surface area contributed by atoms with Crippen LogP contribution in [0.5, 0.6) is 0 Å². The minimum Gasteiger partial charge on any atom is -0.368 e. The van der Waals surface area contributed by atoms with E-state index in [9.17, 15) is 23.3 Å². The van der Waals surface area contributed by atoms with E-state index in [0.29, 0.717) is 36.8 Å². The van der Waals surface area contributed by atoms with E-state index in [-0.39, 0.29) is 17.3 Å². The number of hydrogen-bond donors (Lipinski definition) is 0. The molecular formula is C21H25ClN4O5S. The Morgan fingerprint density at radius 3 is 2.31 bits per heavy atom. The van der Waals surface area contributed by atoms with Crippen LogP contribution in [0.3, 0.4) is 0 Å². The molecule has 1 fully saturated rings. The fourth-order valence-electron chi connectivity index (χ4n) is 3.70. The Morgan fingerprint density at radius 2 is 1.72 bits per heavy atom. The van der Waals surface area contributed by atoms with Crippen LogP contribution in [0.2, 0.25) is 5.02 Å². The van der Waals surface area contributed by atoms with Crippen molar-refractivity contribution in [1.82, 2.24) is 4.90 Å². The molecule has 1 heterocycles. The second kappa shape index (κ2) is 9.33. The van der Waals surface area contributed by atoms with E-state index in [2.05, 4.69) is 4.90 Å². The van der Waals surface area contributed by atoms with Crippen LogP contribution in [0.25, 0.3) is 0 Å². The number of benzene rings is 2. The molecule has 32 heavy (non-hydrogen) atoms. The number of nitrogens with zero attached hydrogens (tertiary/aromatic N) is 4. The van der Waals surface area contributed by atoms with Gasteiger partial charge in [-0.25, -0.2) is 8.42 Å². The molecule has 9 nitrogen and oxygen atoms in total. The Labute approximate surface area is 192 Å². The summed E-state index contributed by atoms with van der Waals surface area (Å²) in [5, 5.41) is 11.8. The van der Waals surface area contributed by atoms with E-state index in [1.54, 1.807) is 11.8 Å². The van der Waals surface area contributed by atoms with Crippen LogP contribution in [-0.4, -0.2) is 63.1 Å². The van der Waals surface area contributed by atoms with E-state index in [4.69, 9.17) is 11.6 Å². The summed E-state index contributed by atoms with van der Waals surface area (Å²) >= 11 is 6.12. The first-order chi connectivity index (χ1) is 15.0. The summed E-state index contributed by atoms with van der Waals surface area (Å²) in [7, 11) is -3.84. The van der Waals surface area contributed by atoms with Gasteiger partial charge >= 0.3 is 0 Å². The monoisotopic (exact) mass is 480 g/mol. The van der Waals surface area contributed by atoms with Crippen molar-refractivity contribution in [1.29, 1.82) is 0 Å². The number of carbonyl (C=O) groups excluding carboxylic acids is 1. The molecule has 0 atom stereocenters. The van der Waals surface area contributed by atoms with Crippen molar-refractivity contribution in [3.8, 4) is 0 Å². The van der Waals surface area contributed by atoms with Gasteiger partial charge in [0.05, 0.1) is 16.9 Å². The van der Waals surface area contributed by atoms with Gasteiger partial charge in [0.25, 0.3) is 5.69 Å². The zero-order valence-electron chi connectivity index (χ0n) is 18.1. The maximum atomic E-state index is 13.0. The highest BCUT2D eigenvalue weighted by Gasteiger charge is 2.28. The molecule has 11 heteroatoms. The summed E-state index contributed by atoms with van der Waals surface area (Å²) in [4.78, 5) is 27.3. The van der Waals surface area contributed by atoms with Crippen LogP contribution in [-0.2, 0) is 14.8 Å². The summed E-state index contributed by atoms with van der Waals surface area (Å²) in [6.45, 7) is 5.25. The Balaban J connectivity index is 1.76. The number of rotatable bonds is 6. The first-order valence-electron chi connectivity index (χ1n) is 9.99. The Hall–Kier alpha value is -2.85. The number of anilines is 2. The lowest BCUT2D eigenvalue weighted by atomic mass is 10.1. The fourth-order valence-corrected chi connectivity index (χ4v) is 4.77. The van der Waals surface area contributed by atoms with Gasteiger partial charge in [-0.15, -0.1) is 0 Å². The summed E-state index contributed by atoms with van der Waals surface area (Å²) in [6, 6.07) is 9.63. The van der Waals surface area contributed by atoms with Gasteiger partial charge in [-0.3, -0.25) is 19.2 Å². The van der Waals surface area contributed by atoms with Gasteiger partial charge < -0.3 is 9.80 Å². The Bertz CT molecular complexity index is 1150. The maximum Gasteiger partial charge on any atom is 0.271 e. The third kappa shape index (κ3) is 5.31. The molecule has 1 aliphatic heterocycles. The number of amides is 1. The van der Waals surface area contributed by atoms with Crippen molar-refractivity contribution < 1.29 is 18.1 Å². The van der Waals surface area contributed by atoms with Crippen LogP contribution in [0.1, 0.15) is 11.1 Å². The molecule has 0 unspecified atom stereocenters. The lowest BCUT2D eigenvalue weighted by molar-refractivity contribution is -0.384. The smallest absolute Gasteiger partial charge is 0.271 e. The first kappa shape index (κ1) is 23.8. The van der Waals surface area contributed by atoms with Gasteiger partial charge in [-0.2, -0.15) is 0 Å². The molecule has 1 aliphatic rings. The quantitative estimate of drug-likeness (QED) is 0.465. The van der Waals surface area contributed by atoms with Gasteiger partial charge in [-0.1, -0.05) is 23.7 Å². The molecule has 2 aromatic carbocycles. The second-order valence-electron chi connectivity index (χ2n) is 7.80. The van der Waals surface area contributed by atoms with Crippen molar-refractivity contribution in [2.24, 2.45) is 0 Å². The molecule has 1 amide bonds. The minimum absolute atomic E-state index is 0.128.